The van der Waals surface area contributed by atoms with E-state index in [9.17, 15) is 0 Å². The predicted octanol–water partition coefficient (Wildman–Crippen LogP) is 3.44. The molecular weight excluding hydrogens is 246 g/mol. The van der Waals surface area contributed by atoms with Gasteiger partial charge in [0.25, 0.3) is 0 Å². The van der Waals surface area contributed by atoms with Crippen molar-refractivity contribution in [3.8, 4) is 0 Å². The highest BCUT2D eigenvalue weighted by atomic mass is 15.1. The Morgan fingerprint density at radius 2 is 1.95 bits per heavy atom. The molecule has 1 unspecified atom stereocenters. The van der Waals surface area contributed by atoms with Gasteiger partial charge in [0.05, 0.1) is 0 Å². The van der Waals surface area contributed by atoms with Gasteiger partial charge in [0, 0.05) is 31.4 Å². The Kier molecular flexibility index (Phi) is 4.29. The van der Waals surface area contributed by atoms with Crippen LogP contribution in [0.4, 0.5) is 0 Å². The van der Waals surface area contributed by atoms with E-state index in [0.29, 0.717) is 0 Å². The largest absolute Gasteiger partial charge is 0.335 e. The van der Waals surface area contributed by atoms with E-state index < -0.39 is 0 Å². The topological polar surface area (TPSA) is 43.8 Å². The van der Waals surface area contributed by atoms with Crippen molar-refractivity contribution in [2.75, 3.05) is 0 Å². The average molecular weight is 271 g/mol. The highest BCUT2D eigenvalue weighted by Gasteiger charge is 2.21. The number of hydrogen-bond donors (Lipinski definition) is 1. The third-order valence-electron chi connectivity index (χ3n) is 3.71. The number of aryl methyl sites for hydroxylation is 1. The molecule has 0 aliphatic rings. The normalized spacial score (nSPS) is 13.4. The van der Waals surface area contributed by atoms with E-state index in [1.807, 2.05) is 12.4 Å². The van der Waals surface area contributed by atoms with Gasteiger partial charge in [0.1, 0.15) is 5.82 Å². The van der Waals surface area contributed by atoms with Crippen LogP contribution in [0.3, 0.4) is 0 Å². The maximum atomic E-state index is 6.45. The van der Waals surface area contributed by atoms with E-state index in [1.165, 1.54) is 11.1 Å². The number of benzene rings is 1. The Morgan fingerprint density at radius 1 is 1.25 bits per heavy atom. The molecule has 1 atom stereocenters. The van der Waals surface area contributed by atoms with Gasteiger partial charge in [-0.15, -0.1) is 0 Å². The predicted molar refractivity (Wildman–Crippen MR) is 83.7 cm³/mol. The minimum Gasteiger partial charge on any atom is -0.335 e. The summed E-state index contributed by atoms with van der Waals surface area (Å²) in [6, 6.07) is 8.46. The molecule has 0 saturated heterocycles. The lowest BCUT2D eigenvalue weighted by Gasteiger charge is -2.25. The molecule has 0 aliphatic heterocycles. The van der Waals surface area contributed by atoms with Crippen molar-refractivity contribution in [2.24, 2.45) is 5.73 Å². The summed E-state index contributed by atoms with van der Waals surface area (Å²) in [4.78, 5) is 4.43. The Morgan fingerprint density at radius 3 is 2.60 bits per heavy atom. The minimum absolute atomic E-state index is 0.0156. The van der Waals surface area contributed by atoms with Crippen molar-refractivity contribution in [3.05, 3.63) is 53.6 Å². The molecule has 108 valence electrons. The second-order valence-electron chi connectivity index (χ2n) is 6.28. The Balaban J connectivity index is 2.28. The van der Waals surface area contributed by atoms with Crippen LogP contribution in [-0.4, -0.2) is 9.55 Å². The fourth-order valence-corrected chi connectivity index (χ4v) is 2.63. The third-order valence-corrected chi connectivity index (χ3v) is 3.71. The summed E-state index contributed by atoms with van der Waals surface area (Å²) < 4.78 is 2.15. The van der Waals surface area contributed by atoms with Crippen LogP contribution in [0.15, 0.2) is 36.7 Å². The zero-order valence-electron chi connectivity index (χ0n) is 12.9. The number of nitrogens with two attached hydrogens (primary N) is 1. The van der Waals surface area contributed by atoms with Crippen molar-refractivity contribution >= 4 is 0 Å². The lowest BCUT2D eigenvalue weighted by molar-refractivity contribution is 0.560. The molecule has 1 aromatic heterocycles. The summed E-state index contributed by atoms with van der Waals surface area (Å²) in [7, 11) is 0. The summed E-state index contributed by atoms with van der Waals surface area (Å²) >= 11 is 0. The highest BCUT2D eigenvalue weighted by Crippen LogP contribution is 2.29. The summed E-state index contributed by atoms with van der Waals surface area (Å²) in [6.45, 7) is 9.74. The fraction of sp³-hybridized carbons (Fsp3) is 0.471. The standard InChI is InChI=1S/C17H25N3/c1-5-20-11-10-19-16(20)12-15(18)13-8-6-7-9-14(13)17(2,3)4/h6-11,15H,5,12,18H2,1-4H3. The molecule has 0 bridgehead atoms. The van der Waals surface area contributed by atoms with Crippen LogP contribution < -0.4 is 5.73 Å². The lowest BCUT2D eigenvalue weighted by Crippen LogP contribution is -2.22. The number of rotatable bonds is 4. The van der Waals surface area contributed by atoms with Crippen LogP contribution >= 0.6 is 0 Å². The molecule has 0 spiro atoms. The maximum Gasteiger partial charge on any atom is 0.110 e. The van der Waals surface area contributed by atoms with Crippen molar-refractivity contribution in [2.45, 2.75) is 52.1 Å². The van der Waals surface area contributed by atoms with Gasteiger partial charge in [-0.05, 0) is 23.5 Å². The van der Waals surface area contributed by atoms with Crippen LogP contribution in [0.1, 0.15) is 50.7 Å². The molecule has 0 fully saturated rings. The third kappa shape index (κ3) is 3.10. The molecular formula is C17H25N3. The van der Waals surface area contributed by atoms with E-state index in [0.717, 1.165) is 18.8 Å². The number of nitrogens with zero attached hydrogens (tertiary/aromatic N) is 2. The number of imidazole rings is 1. The van der Waals surface area contributed by atoms with Crippen molar-refractivity contribution in [1.29, 1.82) is 0 Å². The lowest BCUT2D eigenvalue weighted by atomic mass is 9.81. The van der Waals surface area contributed by atoms with Crippen molar-refractivity contribution in [3.63, 3.8) is 0 Å². The van der Waals surface area contributed by atoms with Gasteiger partial charge >= 0.3 is 0 Å². The molecule has 2 rings (SSSR count). The summed E-state index contributed by atoms with van der Waals surface area (Å²) in [5.74, 6) is 1.06. The molecule has 0 aliphatic carbocycles. The SMILES string of the molecule is CCn1ccnc1CC(N)c1ccccc1C(C)(C)C. The Bertz CT molecular complexity index is 564. The Hall–Kier alpha value is -1.61. The van der Waals surface area contributed by atoms with E-state index >= 15 is 0 Å². The minimum atomic E-state index is -0.0156. The molecule has 2 aromatic rings. The molecule has 2 N–H and O–H groups in total. The maximum absolute atomic E-state index is 6.45. The molecule has 3 nitrogen and oxygen atoms in total. The average Bonchev–Trinajstić information content (AvgIpc) is 2.85. The van der Waals surface area contributed by atoms with Crippen molar-refractivity contribution in [1.82, 2.24) is 9.55 Å². The van der Waals surface area contributed by atoms with Crippen LogP contribution in [0.25, 0.3) is 0 Å². The summed E-state index contributed by atoms with van der Waals surface area (Å²) in [6.07, 6.45) is 4.63. The second kappa shape index (κ2) is 5.80. The first kappa shape index (κ1) is 14.8. The molecule has 3 heteroatoms. The van der Waals surface area contributed by atoms with E-state index in [1.54, 1.807) is 0 Å². The quantitative estimate of drug-likeness (QED) is 0.925. The zero-order chi connectivity index (χ0) is 14.8. The van der Waals surface area contributed by atoms with Crippen molar-refractivity contribution < 1.29 is 0 Å². The van der Waals surface area contributed by atoms with Gasteiger partial charge in [0.15, 0.2) is 0 Å². The first-order valence-corrected chi connectivity index (χ1v) is 7.28. The van der Waals surface area contributed by atoms with Crippen LogP contribution in [0.2, 0.25) is 0 Å². The zero-order valence-corrected chi connectivity index (χ0v) is 12.9. The first-order chi connectivity index (χ1) is 9.43. The van der Waals surface area contributed by atoms with Gasteiger partial charge in [-0.25, -0.2) is 4.98 Å². The number of hydrogen-bond acceptors (Lipinski definition) is 2. The second-order valence-corrected chi connectivity index (χ2v) is 6.28. The van der Waals surface area contributed by atoms with Gasteiger partial charge in [-0.2, -0.15) is 0 Å². The molecule has 1 heterocycles. The number of aromatic nitrogens is 2. The fourth-order valence-electron chi connectivity index (χ4n) is 2.63. The monoisotopic (exact) mass is 271 g/mol. The first-order valence-electron chi connectivity index (χ1n) is 7.28. The molecule has 0 saturated carbocycles. The molecule has 0 amide bonds. The van der Waals surface area contributed by atoms with Gasteiger partial charge in [0.2, 0.25) is 0 Å². The van der Waals surface area contributed by atoms with Crippen LogP contribution in [0.5, 0.6) is 0 Å². The van der Waals surface area contributed by atoms with E-state index in [-0.39, 0.29) is 11.5 Å². The van der Waals surface area contributed by atoms with Crippen LogP contribution in [-0.2, 0) is 18.4 Å². The van der Waals surface area contributed by atoms with E-state index in [2.05, 4.69) is 61.5 Å². The van der Waals surface area contributed by atoms with Crippen LogP contribution in [0, 0.1) is 0 Å². The summed E-state index contributed by atoms with van der Waals surface area (Å²) in [5, 5.41) is 0. The molecule has 0 radical (unpaired) electrons. The van der Waals surface area contributed by atoms with E-state index in [4.69, 9.17) is 5.73 Å². The summed E-state index contributed by atoms with van der Waals surface area (Å²) in [5.41, 5.74) is 9.11. The van der Waals surface area contributed by atoms with Gasteiger partial charge in [-0.1, -0.05) is 45.0 Å². The highest BCUT2D eigenvalue weighted by molar-refractivity contribution is 5.35. The van der Waals surface area contributed by atoms with Gasteiger partial charge in [-0.3, -0.25) is 0 Å². The smallest absolute Gasteiger partial charge is 0.110 e. The Labute approximate surface area is 121 Å². The molecule has 1 aromatic carbocycles. The molecule has 20 heavy (non-hydrogen) atoms. The van der Waals surface area contributed by atoms with Gasteiger partial charge < -0.3 is 10.3 Å².